The van der Waals surface area contributed by atoms with Crippen LogP contribution in [0.4, 0.5) is 0 Å². The second kappa shape index (κ2) is 8.59. The van der Waals surface area contributed by atoms with Gasteiger partial charge >= 0.3 is 0 Å². The van der Waals surface area contributed by atoms with Crippen LogP contribution in [0.1, 0.15) is 18.4 Å². The molecule has 1 aromatic carbocycles. The number of hydrogen-bond acceptors (Lipinski definition) is 3. The predicted molar refractivity (Wildman–Crippen MR) is 87.0 cm³/mol. The molecule has 1 aliphatic heterocycles. The van der Waals surface area contributed by atoms with E-state index in [1.165, 1.54) is 0 Å². The molecule has 0 atom stereocenters. The summed E-state index contributed by atoms with van der Waals surface area (Å²) < 4.78 is 5.27. The van der Waals surface area contributed by atoms with Crippen LogP contribution in [-0.2, 0) is 16.1 Å². The summed E-state index contributed by atoms with van der Waals surface area (Å²) in [5.41, 5.74) is 0.649. The van der Waals surface area contributed by atoms with E-state index in [2.05, 4.69) is 10.6 Å². The smallest absolute Gasteiger partial charge is 0.228 e. The predicted octanol–water partition coefficient (Wildman–Crippen LogP) is 2.39. The van der Waals surface area contributed by atoms with E-state index >= 15 is 0 Å². The molecular formula is C15H22Cl2N2O2. The summed E-state index contributed by atoms with van der Waals surface area (Å²) in [5.74, 6) is 0.0794. The summed E-state index contributed by atoms with van der Waals surface area (Å²) in [7, 11) is 1.65. The zero-order valence-corrected chi connectivity index (χ0v) is 13.7. The third kappa shape index (κ3) is 4.85. The lowest BCUT2D eigenvalue weighted by atomic mass is 9.78. The van der Waals surface area contributed by atoms with Crippen LogP contribution in [0, 0.1) is 5.41 Å². The minimum absolute atomic E-state index is 0. The standard InChI is InChI=1S/C15H21ClN2O2.ClH/c1-20-11-15(6-8-17-9-7-15)14(19)18-10-12-2-4-13(16)5-3-12;/h2-5,17H,6-11H2,1H3,(H,18,19);1H. The van der Waals surface area contributed by atoms with Crippen molar-refractivity contribution in [3.8, 4) is 0 Å². The number of hydrogen-bond donors (Lipinski definition) is 2. The molecule has 1 saturated heterocycles. The monoisotopic (exact) mass is 332 g/mol. The number of nitrogens with one attached hydrogen (secondary N) is 2. The van der Waals surface area contributed by atoms with Crippen molar-refractivity contribution in [1.82, 2.24) is 10.6 Å². The number of methoxy groups -OCH3 is 1. The summed E-state index contributed by atoms with van der Waals surface area (Å²) >= 11 is 5.85. The highest BCUT2D eigenvalue weighted by Gasteiger charge is 2.39. The quantitative estimate of drug-likeness (QED) is 0.870. The van der Waals surface area contributed by atoms with Crippen molar-refractivity contribution < 1.29 is 9.53 Å². The second-order valence-electron chi connectivity index (χ2n) is 5.27. The highest BCUT2D eigenvalue weighted by molar-refractivity contribution is 6.30. The Labute approximate surface area is 137 Å². The number of amides is 1. The number of rotatable bonds is 5. The normalized spacial score (nSPS) is 16.9. The third-order valence-corrected chi connectivity index (χ3v) is 4.08. The number of benzene rings is 1. The first-order chi connectivity index (χ1) is 9.66. The molecule has 0 aromatic heterocycles. The number of halogens is 2. The fraction of sp³-hybridized carbons (Fsp3) is 0.533. The van der Waals surface area contributed by atoms with E-state index in [4.69, 9.17) is 16.3 Å². The van der Waals surface area contributed by atoms with E-state index in [0.717, 1.165) is 31.5 Å². The molecule has 0 saturated carbocycles. The van der Waals surface area contributed by atoms with Crippen LogP contribution in [0.2, 0.25) is 5.02 Å². The Kier molecular flexibility index (Phi) is 7.46. The lowest BCUT2D eigenvalue weighted by Crippen LogP contribution is -2.49. The van der Waals surface area contributed by atoms with E-state index < -0.39 is 5.41 Å². The lowest BCUT2D eigenvalue weighted by Gasteiger charge is -2.35. The number of piperidine rings is 1. The average Bonchev–Trinajstić information content (AvgIpc) is 2.47. The first-order valence-corrected chi connectivity index (χ1v) is 7.26. The Hall–Kier alpha value is -0.810. The van der Waals surface area contributed by atoms with Crippen molar-refractivity contribution in [3.05, 3.63) is 34.9 Å². The third-order valence-electron chi connectivity index (χ3n) is 3.83. The van der Waals surface area contributed by atoms with Gasteiger partial charge in [0.25, 0.3) is 0 Å². The van der Waals surface area contributed by atoms with Gasteiger partial charge in [0.2, 0.25) is 5.91 Å². The van der Waals surface area contributed by atoms with Gasteiger partial charge in [0.15, 0.2) is 0 Å². The van der Waals surface area contributed by atoms with Crippen molar-refractivity contribution in [3.63, 3.8) is 0 Å². The topological polar surface area (TPSA) is 50.4 Å². The van der Waals surface area contributed by atoms with E-state index in [1.54, 1.807) is 7.11 Å². The summed E-state index contributed by atoms with van der Waals surface area (Å²) in [5, 5.41) is 7.01. The van der Waals surface area contributed by atoms with E-state index in [0.29, 0.717) is 18.2 Å². The molecule has 0 spiro atoms. The van der Waals surface area contributed by atoms with Crippen LogP contribution in [0.5, 0.6) is 0 Å². The molecule has 0 aliphatic carbocycles. The van der Waals surface area contributed by atoms with Gasteiger partial charge in [-0.05, 0) is 43.6 Å². The molecule has 1 amide bonds. The number of carbonyl (C=O) groups is 1. The van der Waals surface area contributed by atoms with Crippen LogP contribution in [-0.4, -0.2) is 32.7 Å². The van der Waals surface area contributed by atoms with Gasteiger partial charge in [-0.25, -0.2) is 0 Å². The Bertz CT molecular complexity index is 440. The maximum atomic E-state index is 12.5. The molecule has 0 bridgehead atoms. The van der Waals surface area contributed by atoms with Crippen LogP contribution in [0.3, 0.4) is 0 Å². The van der Waals surface area contributed by atoms with Crippen molar-refractivity contribution in [2.24, 2.45) is 5.41 Å². The van der Waals surface area contributed by atoms with Gasteiger partial charge < -0.3 is 15.4 Å². The van der Waals surface area contributed by atoms with Crippen molar-refractivity contribution in [1.29, 1.82) is 0 Å². The maximum absolute atomic E-state index is 12.5. The molecule has 2 N–H and O–H groups in total. The van der Waals surface area contributed by atoms with Crippen molar-refractivity contribution in [2.75, 3.05) is 26.8 Å². The largest absolute Gasteiger partial charge is 0.384 e. The molecule has 1 heterocycles. The van der Waals surface area contributed by atoms with Crippen LogP contribution in [0.25, 0.3) is 0 Å². The van der Waals surface area contributed by atoms with Crippen LogP contribution < -0.4 is 10.6 Å². The van der Waals surface area contributed by atoms with Gasteiger partial charge in [0.05, 0.1) is 12.0 Å². The Morgan fingerprint density at radius 2 is 1.95 bits per heavy atom. The van der Waals surface area contributed by atoms with E-state index in [-0.39, 0.29) is 18.3 Å². The Morgan fingerprint density at radius 1 is 1.33 bits per heavy atom. The van der Waals surface area contributed by atoms with Crippen molar-refractivity contribution in [2.45, 2.75) is 19.4 Å². The fourth-order valence-corrected chi connectivity index (χ4v) is 2.72. The summed E-state index contributed by atoms with van der Waals surface area (Å²) in [6.07, 6.45) is 1.63. The first kappa shape index (κ1) is 18.2. The SMILES string of the molecule is COCC1(C(=O)NCc2ccc(Cl)cc2)CCNCC1.Cl. The molecule has 0 unspecified atom stereocenters. The zero-order valence-electron chi connectivity index (χ0n) is 12.2. The van der Waals surface area contributed by atoms with E-state index in [9.17, 15) is 4.79 Å². The molecule has 6 heteroatoms. The zero-order chi connectivity index (χ0) is 14.4. The molecule has 118 valence electrons. The van der Waals surface area contributed by atoms with Gasteiger partial charge in [-0.1, -0.05) is 23.7 Å². The second-order valence-corrected chi connectivity index (χ2v) is 5.71. The van der Waals surface area contributed by atoms with Gasteiger partial charge in [0, 0.05) is 18.7 Å². The van der Waals surface area contributed by atoms with Gasteiger partial charge in [-0.2, -0.15) is 0 Å². The highest BCUT2D eigenvalue weighted by atomic mass is 35.5. The molecule has 1 aliphatic rings. The van der Waals surface area contributed by atoms with Gasteiger partial charge in [-0.15, -0.1) is 12.4 Å². The Morgan fingerprint density at radius 3 is 2.52 bits per heavy atom. The summed E-state index contributed by atoms with van der Waals surface area (Å²) in [4.78, 5) is 12.5. The summed E-state index contributed by atoms with van der Waals surface area (Å²) in [6, 6.07) is 7.51. The van der Waals surface area contributed by atoms with Crippen LogP contribution in [0.15, 0.2) is 24.3 Å². The minimum Gasteiger partial charge on any atom is -0.384 e. The van der Waals surface area contributed by atoms with Gasteiger partial charge in [-0.3, -0.25) is 4.79 Å². The first-order valence-electron chi connectivity index (χ1n) is 6.89. The van der Waals surface area contributed by atoms with Crippen LogP contribution >= 0.6 is 24.0 Å². The maximum Gasteiger partial charge on any atom is 0.228 e. The number of ether oxygens (including phenoxy) is 1. The summed E-state index contributed by atoms with van der Waals surface area (Å²) in [6.45, 7) is 2.71. The molecule has 21 heavy (non-hydrogen) atoms. The fourth-order valence-electron chi connectivity index (χ4n) is 2.59. The molecular weight excluding hydrogens is 311 g/mol. The number of carbonyl (C=O) groups excluding carboxylic acids is 1. The molecule has 1 aromatic rings. The van der Waals surface area contributed by atoms with E-state index in [1.807, 2.05) is 24.3 Å². The highest BCUT2D eigenvalue weighted by Crippen LogP contribution is 2.29. The minimum atomic E-state index is -0.396. The molecule has 1 fully saturated rings. The van der Waals surface area contributed by atoms with Crippen molar-refractivity contribution >= 4 is 29.9 Å². The molecule has 4 nitrogen and oxygen atoms in total. The molecule has 2 rings (SSSR count). The Balaban J connectivity index is 0.00000220. The lowest BCUT2D eigenvalue weighted by molar-refractivity contribution is -0.136. The van der Waals surface area contributed by atoms with Gasteiger partial charge in [0.1, 0.15) is 0 Å². The molecule has 0 radical (unpaired) electrons. The average molecular weight is 333 g/mol.